The summed E-state index contributed by atoms with van der Waals surface area (Å²) in [7, 11) is 0. The number of benzene rings is 1. The van der Waals surface area contributed by atoms with Gasteiger partial charge in [-0.05, 0) is 117 Å². The zero-order chi connectivity index (χ0) is 35.6. The topological polar surface area (TPSA) is 26.3 Å². The first kappa shape index (κ1) is 40.9. The van der Waals surface area contributed by atoms with E-state index in [0.717, 1.165) is 43.0 Å². The van der Waals surface area contributed by atoms with Crippen LogP contribution in [0.15, 0.2) is 30.3 Å². The fourth-order valence-corrected chi connectivity index (χ4v) is 12.7. The molecule has 4 aliphatic carbocycles. The van der Waals surface area contributed by atoms with Crippen LogP contribution in [0.25, 0.3) is 0 Å². The van der Waals surface area contributed by atoms with Gasteiger partial charge in [0, 0.05) is 0 Å². The van der Waals surface area contributed by atoms with Crippen molar-refractivity contribution in [2.24, 2.45) is 34.5 Å². The number of hydrogen-bond acceptors (Lipinski definition) is 2. The van der Waals surface area contributed by atoms with E-state index in [4.69, 9.17) is 4.74 Å². The Kier molecular flexibility index (Phi) is 17.8. The number of carbonyl (C=O) groups excluding carboxylic acids is 1. The molecule has 2 nitrogen and oxygen atoms in total. The number of ether oxygens (including phenoxy) is 1. The molecule has 0 aromatic heterocycles. The van der Waals surface area contributed by atoms with Crippen LogP contribution in [0.2, 0.25) is 0 Å². The second kappa shape index (κ2) is 22.2. The normalized spacial score (nSPS) is 30.4. The van der Waals surface area contributed by atoms with Gasteiger partial charge in [0.2, 0.25) is 0 Å². The molecule has 51 heavy (non-hydrogen) atoms. The Morgan fingerprint density at radius 1 is 0.608 bits per heavy atom. The summed E-state index contributed by atoms with van der Waals surface area (Å²) in [6.07, 6.45) is 45.3. The summed E-state index contributed by atoms with van der Waals surface area (Å²) in [5.74, 6) is 4.34. The van der Waals surface area contributed by atoms with Gasteiger partial charge >= 0.3 is 0 Å². The van der Waals surface area contributed by atoms with Crippen molar-refractivity contribution in [3.05, 3.63) is 35.9 Å². The molecule has 4 aliphatic rings. The van der Waals surface area contributed by atoms with Crippen molar-refractivity contribution in [3.8, 4) is 0 Å². The summed E-state index contributed by atoms with van der Waals surface area (Å²) in [6.45, 7) is 5.39. The van der Waals surface area contributed by atoms with Gasteiger partial charge in [-0.25, -0.2) is 0 Å². The first-order valence-electron chi connectivity index (χ1n) is 23.3. The Bertz CT molecular complexity index is 1030. The van der Waals surface area contributed by atoms with Gasteiger partial charge in [-0.15, -0.1) is 0 Å². The Morgan fingerprint density at radius 2 is 1.12 bits per heavy atom. The van der Waals surface area contributed by atoms with Gasteiger partial charge in [-0.1, -0.05) is 179 Å². The van der Waals surface area contributed by atoms with Crippen LogP contribution in [-0.4, -0.2) is 12.6 Å². The van der Waals surface area contributed by atoms with Crippen LogP contribution < -0.4 is 0 Å². The standard InChI is InChI=1S/C49H82O2/c1-3-5-7-9-11-15-21-41-25-29-44(30-26-41)48(37-33-46(34-38-48)51-40-50)39-47(43-23-17-13-18-24-43)49(35-19-14-20-36-49)45-31-27-42(28-32-45)22-16-12-10-8-6-4-2/h13,17-18,23-24,40-42,44-47H,3-12,14-16,19-22,25-39H2,1-2H3. The summed E-state index contributed by atoms with van der Waals surface area (Å²) in [5.41, 5.74) is 2.52. The van der Waals surface area contributed by atoms with Crippen LogP contribution in [0.3, 0.4) is 0 Å². The second-order valence-electron chi connectivity index (χ2n) is 18.8. The van der Waals surface area contributed by atoms with Crippen molar-refractivity contribution in [1.29, 1.82) is 0 Å². The highest BCUT2D eigenvalue weighted by Gasteiger charge is 2.52. The SMILES string of the molecule is CCCCCCCCC1CCC(C2(CC(c3ccccc3)C3(C4CCC(CCCCCCCC)CC4)CCCCC3)CCC(OC=O)CC2)CC1. The molecule has 2 heteroatoms. The molecule has 5 rings (SSSR count). The smallest absolute Gasteiger partial charge is 0.293 e. The van der Waals surface area contributed by atoms with Crippen LogP contribution in [0.5, 0.6) is 0 Å². The molecule has 0 radical (unpaired) electrons. The van der Waals surface area contributed by atoms with E-state index in [1.165, 1.54) is 193 Å². The Labute approximate surface area is 316 Å². The maximum Gasteiger partial charge on any atom is 0.293 e. The fraction of sp³-hybridized carbons (Fsp3) is 0.857. The molecule has 4 saturated carbocycles. The molecule has 0 aliphatic heterocycles. The van der Waals surface area contributed by atoms with Crippen molar-refractivity contribution >= 4 is 6.47 Å². The monoisotopic (exact) mass is 703 g/mol. The molecule has 1 unspecified atom stereocenters. The van der Waals surface area contributed by atoms with Gasteiger partial charge in [0.1, 0.15) is 6.10 Å². The molecular formula is C49H82O2. The molecule has 290 valence electrons. The molecule has 1 aromatic rings. The molecular weight excluding hydrogens is 621 g/mol. The summed E-state index contributed by atoms with van der Waals surface area (Å²) < 4.78 is 5.66. The van der Waals surface area contributed by atoms with E-state index >= 15 is 0 Å². The van der Waals surface area contributed by atoms with E-state index in [1.54, 1.807) is 5.56 Å². The van der Waals surface area contributed by atoms with Gasteiger partial charge in [-0.3, -0.25) is 4.79 Å². The average molecular weight is 703 g/mol. The minimum absolute atomic E-state index is 0.139. The molecule has 1 aromatic carbocycles. The number of carbonyl (C=O) groups is 1. The third kappa shape index (κ3) is 11.8. The zero-order valence-electron chi connectivity index (χ0n) is 33.9. The lowest BCUT2D eigenvalue weighted by Gasteiger charge is -2.56. The molecule has 0 bridgehead atoms. The second-order valence-corrected chi connectivity index (χ2v) is 18.8. The highest BCUT2D eigenvalue weighted by molar-refractivity contribution is 5.37. The van der Waals surface area contributed by atoms with Crippen LogP contribution in [-0.2, 0) is 9.53 Å². The first-order chi connectivity index (χ1) is 25.1. The minimum Gasteiger partial charge on any atom is -0.465 e. The zero-order valence-corrected chi connectivity index (χ0v) is 33.9. The lowest BCUT2D eigenvalue weighted by Crippen LogP contribution is -2.46. The Hall–Kier alpha value is -1.31. The summed E-state index contributed by atoms with van der Waals surface area (Å²) in [5, 5.41) is 0. The lowest BCUT2D eigenvalue weighted by atomic mass is 9.49. The summed E-state index contributed by atoms with van der Waals surface area (Å²) in [6, 6.07) is 12.0. The fourth-order valence-electron chi connectivity index (χ4n) is 12.7. The molecule has 0 spiro atoms. The molecule has 0 amide bonds. The predicted molar refractivity (Wildman–Crippen MR) is 218 cm³/mol. The van der Waals surface area contributed by atoms with Crippen molar-refractivity contribution in [3.63, 3.8) is 0 Å². The van der Waals surface area contributed by atoms with E-state index < -0.39 is 0 Å². The maximum atomic E-state index is 11.4. The summed E-state index contributed by atoms with van der Waals surface area (Å²) >= 11 is 0. The molecule has 0 saturated heterocycles. The van der Waals surface area contributed by atoms with Crippen LogP contribution in [0.1, 0.15) is 231 Å². The number of rotatable bonds is 22. The van der Waals surface area contributed by atoms with Gasteiger partial charge < -0.3 is 4.74 Å². The largest absolute Gasteiger partial charge is 0.465 e. The highest BCUT2D eigenvalue weighted by atomic mass is 16.5. The minimum atomic E-state index is 0.139. The molecule has 0 heterocycles. The number of hydrogen-bond donors (Lipinski definition) is 0. The Morgan fingerprint density at radius 3 is 1.65 bits per heavy atom. The molecule has 0 N–H and O–H groups in total. The van der Waals surface area contributed by atoms with Gasteiger partial charge in [0.05, 0.1) is 0 Å². The first-order valence-corrected chi connectivity index (χ1v) is 23.3. The van der Waals surface area contributed by atoms with Crippen molar-refractivity contribution < 1.29 is 9.53 Å². The maximum absolute atomic E-state index is 11.4. The summed E-state index contributed by atoms with van der Waals surface area (Å²) in [4.78, 5) is 11.4. The third-order valence-corrected chi connectivity index (χ3v) is 15.8. The van der Waals surface area contributed by atoms with Crippen molar-refractivity contribution in [2.45, 2.75) is 231 Å². The molecule has 4 fully saturated rings. The van der Waals surface area contributed by atoms with E-state index in [-0.39, 0.29) is 6.10 Å². The third-order valence-electron chi connectivity index (χ3n) is 15.8. The van der Waals surface area contributed by atoms with E-state index in [2.05, 4.69) is 44.2 Å². The predicted octanol–water partition coefficient (Wildman–Crippen LogP) is 15.3. The lowest BCUT2D eigenvalue weighted by molar-refractivity contribution is -0.137. The number of unbranched alkanes of at least 4 members (excludes halogenated alkanes) is 10. The molecule has 1 atom stereocenters. The van der Waals surface area contributed by atoms with E-state index in [9.17, 15) is 4.79 Å². The van der Waals surface area contributed by atoms with Crippen molar-refractivity contribution in [1.82, 2.24) is 0 Å². The van der Waals surface area contributed by atoms with Gasteiger partial charge in [0.15, 0.2) is 0 Å². The van der Waals surface area contributed by atoms with E-state index in [0.29, 0.717) is 16.7 Å². The van der Waals surface area contributed by atoms with Gasteiger partial charge in [0.25, 0.3) is 6.47 Å². The Balaban J connectivity index is 1.31. The van der Waals surface area contributed by atoms with Gasteiger partial charge in [-0.2, -0.15) is 0 Å². The quantitative estimate of drug-likeness (QED) is 0.0888. The average Bonchev–Trinajstić information content (AvgIpc) is 3.18. The van der Waals surface area contributed by atoms with Crippen molar-refractivity contribution in [2.75, 3.05) is 0 Å². The highest BCUT2D eigenvalue weighted by Crippen LogP contribution is 2.63. The van der Waals surface area contributed by atoms with Crippen LogP contribution >= 0.6 is 0 Å². The van der Waals surface area contributed by atoms with Crippen LogP contribution in [0.4, 0.5) is 0 Å². The van der Waals surface area contributed by atoms with Crippen LogP contribution in [0, 0.1) is 34.5 Å². The van der Waals surface area contributed by atoms with E-state index in [1.807, 2.05) is 0 Å².